The molecule has 1 N–H and O–H groups in total. The van der Waals surface area contributed by atoms with Crippen molar-refractivity contribution in [3.63, 3.8) is 0 Å². The van der Waals surface area contributed by atoms with Crippen molar-refractivity contribution < 1.29 is 0 Å². The molecule has 1 heterocycles. The van der Waals surface area contributed by atoms with E-state index >= 15 is 0 Å². The molecular weight excluding hydrogens is 234 g/mol. The van der Waals surface area contributed by atoms with Crippen molar-refractivity contribution in [2.45, 2.75) is 65.0 Å². The summed E-state index contributed by atoms with van der Waals surface area (Å²) in [4.78, 5) is 5.17. The first-order chi connectivity index (χ1) is 9.15. The molecule has 114 valence electrons. The van der Waals surface area contributed by atoms with Crippen LogP contribution in [0.2, 0.25) is 0 Å². The van der Waals surface area contributed by atoms with Crippen molar-refractivity contribution in [2.75, 3.05) is 39.8 Å². The molecule has 0 aromatic rings. The Kier molecular flexibility index (Phi) is 8.67. The Bertz CT molecular complexity index is 208. The van der Waals surface area contributed by atoms with Gasteiger partial charge >= 0.3 is 0 Å². The van der Waals surface area contributed by atoms with Crippen LogP contribution in [0.4, 0.5) is 0 Å². The molecule has 2 atom stereocenters. The lowest BCUT2D eigenvalue weighted by molar-refractivity contribution is 0.0591. The molecule has 0 aromatic heterocycles. The van der Waals surface area contributed by atoms with E-state index in [4.69, 9.17) is 0 Å². The molecule has 1 aliphatic rings. The Morgan fingerprint density at radius 2 is 1.58 bits per heavy atom. The topological polar surface area (TPSA) is 18.5 Å². The average molecular weight is 269 g/mol. The number of hydrogen-bond donors (Lipinski definition) is 1. The van der Waals surface area contributed by atoms with Crippen molar-refractivity contribution in [3.8, 4) is 0 Å². The van der Waals surface area contributed by atoms with Gasteiger partial charge in [0.1, 0.15) is 0 Å². The van der Waals surface area contributed by atoms with Gasteiger partial charge in [0.15, 0.2) is 0 Å². The number of unbranched alkanes of at least 4 members (excludes halogenated alkanes) is 3. The predicted octanol–water partition coefficient (Wildman–Crippen LogP) is 2.57. The van der Waals surface area contributed by atoms with Gasteiger partial charge in [-0.25, -0.2) is 0 Å². The number of likely N-dealkylation sites (N-methyl/N-ethyl adjacent to an activating group) is 1. The minimum Gasteiger partial charge on any atom is -0.317 e. The molecule has 2 unspecified atom stereocenters. The van der Waals surface area contributed by atoms with E-state index in [0.29, 0.717) is 12.1 Å². The van der Waals surface area contributed by atoms with E-state index in [1.165, 1.54) is 64.8 Å². The van der Waals surface area contributed by atoms with Crippen molar-refractivity contribution in [3.05, 3.63) is 0 Å². The monoisotopic (exact) mass is 269 g/mol. The summed E-state index contributed by atoms with van der Waals surface area (Å²) in [7, 11) is 2.26. The first-order valence-electron chi connectivity index (χ1n) is 8.30. The molecule has 0 spiro atoms. The smallest absolute Gasteiger partial charge is 0.0195 e. The molecule has 0 radical (unpaired) electrons. The van der Waals surface area contributed by atoms with Crippen LogP contribution in [-0.2, 0) is 0 Å². The maximum absolute atomic E-state index is 3.48. The lowest BCUT2D eigenvalue weighted by Gasteiger charge is -2.42. The summed E-state index contributed by atoms with van der Waals surface area (Å²) in [6.45, 7) is 13.1. The Morgan fingerprint density at radius 3 is 2.21 bits per heavy atom. The second-order valence-electron chi connectivity index (χ2n) is 6.29. The lowest BCUT2D eigenvalue weighted by Crippen LogP contribution is -2.54. The van der Waals surface area contributed by atoms with E-state index < -0.39 is 0 Å². The Labute approximate surface area is 120 Å². The first-order valence-corrected chi connectivity index (χ1v) is 8.30. The van der Waals surface area contributed by atoms with Crippen LogP contribution >= 0.6 is 0 Å². The molecular formula is C16H35N3. The van der Waals surface area contributed by atoms with Gasteiger partial charge < -0.3 is 10.2 Å². The van der Waals surface area contributed by atoms with Gasteiger partial charge in [0.05, 0.1) is 0 Å². The highest BCUT2D eigenvalue weighted by Gasteiger charge is 2.25. The molecule has 0 bridgehead atoms. The molecule has 0 saturated carbocycles. The molecule has 3 nitrogen and oxygen atoms in total. The predicted molar refractivity (Wildman–Crippen MR) is 84.8 cm³/mol. The molecule has 1 aliphatic heterocycles. The van der Waals surface area contributed by atoms with Gasteiger partial charge in [0.25, 0.3) is 0 Å². The normalized spacial score (nSPS) is 25.9. The van der Waals surface area contributed by atoms with E-state index in [1.54, 1.807) is 0 Å². The molecule has 0 aromatic carbocycles. The summed E-state index contributed by atoms with van der Waals surface area (Å²) < 4.78 is 0. The molecule has 0 aliphatic carbocycles. The zero-order valence-corrected chi connectivity index (χ0v) is 13.6. The van der Waals surface area contributed by atoms with E-state index in [-0.39, 0.29) is 0 Å². The number of nitrogens with one attached hydrogen (secondary N) is 1. The van der Waals surface area contributed by atoms with Gasteiger partial charge in [0, 0.05) is 25.2 Å². The Balaban J connectivity index is 1.98. The van der Waals surface area contributed by atoms with Crippen LogP contribution in [0.5, 0.6) is 0 Å². The maximum atomic E-state index is 3.48. The van der Waals surface area contributed by atoms with Crippen molar-refractivity contribution in [1.82, 2.24) is 15.1 Å². The van der Waals surface area contributed by atoms with E-state index in [1.807, 2.05) is 0 Å². The van der Waals surface area contributed by atoms with E-state index in [9.17, 15) is 0 Å². The summed E-state index contributed by atoms with van der Waals surface area (Å²) in [5.41, 5.74) is 0. The van der Waals surface area contributed by atoms with Crippen LogP contribution in [0.25, 0.3) is 0 Å². The number of rotatable bonds is 9. The van der Waals surface area contributed by atoms with Crippen LogP contribution in [0.1, 0.15) is 52.9 Å². The third-order valence-electron chi connectivity index (χ3n) is 4.44. The highest BCUT2D eigenvalue weighted by Crippen LogP contribution is 2.14. The van der Waals surface area contributed by atoms with Crippen molar-refractivity contribution in [2.24, 2.45) is 0 Å². The average Bonchev–Trinajstić information content (AvgIpc) is 2.39. The Hall–Kier alpha value is -0.120. The molecule has 3 heteroatoms. The highest BCUT2D eigenvalue weighted by atomic mass is 15.3. The second-order valence-corrected chi connectivity index (χ2v) is 6.29. The largest absolute Gasteiger partial charge is 0.317 e. The van der Waals surface area contributed by atoms with Crippen molar-refractivity contribution in [1.29, 1.82) is 0 Å². The number of nitrogens with zero attached hydrogens (tertiary/aromatic N) is 2. The van der Waals surface area contributed by atoms with E-state index in [2.05, 4.69) is 42.9 Å². The van der Waals surface area contributed by atoms with Crippen LogP contribution in [0, 0.1) is 0 Å². The fraction of sp³-hybridized carbons (Fsp3) is 1.00. The van der Waals surface area contributed by atoms with Gasteiger partial charge in [-0.2, -0.15) is 0 Å². The van der Waals surface area contributed by atoms with Crippen LogP contribution in [0.15, 0.2) is 0 Å². The third-order valence-corrected chi connectivity index (χ3v) is 4.44. The van der Waals surface area contributed by atoms with Gasteiger partial charge in [-0.1, -0.05) is 19.8 Å². The molecule has 1 saturated heterocycles. The summed E-state index contributed by atoms with van der Waals surface area (Å²) in [5.74, 6) is 0. The SMILES string of the molecule is CCCNCCCCCCN1CC(C)N(C)C(C)C1. The molecule has 1 rings (SSSR count). The maximum Gasteiger partial charge on any atom is 0.0195 e. The lowest BCUT2D eigenvalue weighted by atomic mass is 10.1. The number of piperazine rings is 1. The highest BCUT2D eigenvalue weighted by molar-refractivity contribution is 4.82. The van der Waals surface area contributed by atoms with Gasteiger partial charge in [-0.3, -0.25) is 4.90 Å². The van der Waals surface area contributed by atoms with Crippen molar-refractivity contribution >= 4 is 0 Å². The zero-order valence-electron chi connectivity index (χ0n) is 13.6. The quantitative estimate of drug-likeness (QED) is 0.649. The third kappa shape index (κ3) is 6.73. The summed E-state index contributed by atoms with van der Waals surface area (Å²) in [5, 5.41) is 3.48. The zero-order chi connectivity index (χ0) is 14.1. The fourth-order valence-electron chi connectivity index (χ4n) is 2.94. The Morgan fingerprint density at radius 1 is 0.947 bits per heavy atom. The van der Waals surface area contributed by atoms with E-state index in [0.717, 1.165) is 0 Å². The first kappa shape index (κ1) is 16.9. The van der Waals surface area contributed by atoms with Gasteiger partial charge in [-0.15, -0.1) is 0 Å². The number of hydrogen-bond acceptors (Lipinski definition) is 3. The van der Waals surface area contributed by atoms with Crippen LogP contribution < -0.4 is 5.32 Å². The molecule has 1 fully saturated rings. The standard InChI is InChI=1S/C16H35N3/c1-5-10-17-11-8-6-7-9-12-19-13-15(2)18(4)16(3)14-19/h15-17H,5-14H2,1-4H3. The van der Waals surface area contributed by atoms with Gasteiger partial charge in [0.2, 0.25) is 0 Å². The molecule has 19 heavy (non-hydrogen) atoms. The summed E-state index contributed by atoms with van der Waals surface area (Å²) in [6.07, 6.45) is 6.74. The summed E-state index contributed by atoms with van der Waals surface area (Å²) in [6, 6.07) is 1.42. The minimum atomic E-state index is 0.710. The van der Waals surface area contributed by atoms with Crippen LogP contribution in [0.3, 0.4) is 0 Å². The summed E-state index contributed by atoms with van der Waals surface area (Å²) >= 11 is 0. The molecule has 0 amide bonds. The van der Waals surface area contributed by atoms with Gasteiger partial charge in [-0.05, 0) is 59.8 Å². The minimum absolute atomic E-state index is 0.710. The van der Waals surface area contributed by atoms with Crippen LogP contribution in [-0.4, -0.2) is 61.7 Å². The second kappa shape index (κ2) is 9.73. The fourth-order valence-corrected chi connectivity index (χ4v) is 2.94.